The van der Waals surface area contributed by atoms with E-state index in [0.29, 0.717) is 27.2 Å². The second-order valence-corrected chi connectivity index (χ2v) is 6.53. The maximum atomic E-state index is 12.5. The summed E-state index contributed by atoms with van der Waals surface area (Å²) in [5.41, 5.74) is 3.45. The minimum Gasteiger partial charge on any atom is -0.475 e. The molecule has 2 N–H and O–H groups in total. The zero-order valence-electron chi connectivity index (χ0n) is 14.4. The third kappa shape index (κ3) is 3.58. The summed E-state index contributed by atoms with van der Waals surface area (Å²) >= 11 is 6.33. The van der Waals surface area contributed by atoms with Gasteiger partial charge in [0, 0.05) is 21.7 Å². The minimum atomic E-state index is -1.15. The maximum absolute atomic E-state index is 12.5. The number of fused-ring (bicyclic) bond motifs is 1. The third-order valence-corrected chi connectivity index (χ3v) is 4.51. The van der Waals surface area contributed by atoms with Gasteiger partial charge in [0.25, 0.3) is 5.91 Å². The Morgan fingerprint density at radius 3 is 2.62 bits per heavy atom. The Labute approximate surface area is 155 Å². The van der Waals surface area contributed by atoms with Crippen molar-refractivity contribution in [2.75, 3.05) is 5.32 Å². The summed E-state index contributed by atoms with van der Waals surface area (Å²) in [7, 11) is 0. The van der Waals surface area contributed by atoms with E-state index < -0.39 is 5.97 Å². The highest BCUT2D eigenvalue weighted by Gasteiger charge is 2.14. The fourth-order valence-corrected chi connectivity index (χ4v) is 3.25. The van der Waals surface area contributed by atoms with Crippen LogP contribution < -0.4 is 5.32 Å². The molecule has 0 aliphatic heterocycles. The number of halogens is 1. The van der Waals surface area contributed by atoms with Crippen molar-refractivity contribution in [3.05, 3.63) is 63.9 Å². The van der Waals surface area contributed by atoms with Gasteiger partial charge in [0.2, 0.25) is 5.76 Å². The van der Waals surface area contributed by atoms with Crippen LogP contribution in [0, 0.1) is 6.92 Å². The number of rotatable bonds is 5. The minimum absolute atomic E-state index is 0.161. The van der Waals surface area contributed by atoms with Gasteiger partial charge < -0.3 is 14.8 Å². The summed E-state index contributed by atoms with van der Waals surface area (Å²) in [5.74, 6) is -1.63. The summed E-state index contributed by atoms with van der Waals surface area (Å²) in [6, 6.07) is 9.86. The molecular weight excluding hydrogens is 354 g/mol. The van der Waals surface area contributed by atoms with Crippen LogP contribution in [0.4, 0.5) is 5.69 Å². The molecule has 0 aliphatic rings. The number of amides is 1. The molecule has 0 aliphatic carbocycles. The van der Waals surface area contributed by atoms with E-state index in [1.165, 1.54) is 12.1 Å². The number of benzene rings is 2. The standard InChI is InChI=1S/C20H18ClNO4/c1-3-4-15-11(2)7-14(10-16(15)21)22-19(23)13-6-5-12-8-18(20(24)25)26-17(12)9-13/h5-10H,3-4H2,1-2H3,(H,22,23)(H,24,25). The summed E-state index contributed by atoms with van der Waals surface area (Å²) in [6.45, 7) is 4.06. The Kier molecular flexibility index (Phi) is 5.00. The molecule has 0 atom stereocenters. The van der Waals surface area contributed by atoms with Crippen molar-refractivity contribution in [1.29, 1.82) is 0 Å². The molecule has 3 aromatic rings. The molecule has 26 heavy (non-hydrogen) atoms. The lowest BCUT2D eigenvalue weighted by atomic mass is 10.0. The first-order valence-corrected chi connectivity index (χ1v) is 8.64. The first kappa shape index (κ1) is 18.0. The summed E-state index contributed by atoms with van der Waals surface area (Å²) < 4.78 is 5.25. The molecular formula is C20H18ClNO4. The number of nitrogens with one attached hydrogen (secondary N) is 1. The molecule has 5 nitrogen and oxygen atoms in total. The van der Waals surface area contributed by atoms with Crippen LogP contribution in [-0.4, -0.2) is 17.0 Å². The molecule has 0 saturated carbocycles. The number of carbonyl (C=O) groups is 2. The van der Waals surface area contributed by atoms with Gasteiger partial charge in [-0.2, -0.15) is 0 Å². The molecule has 0 bridgehead atoms. The van der Waals surface area contributed by atoms with E-state index in [-0.39, 0.29) is 11.7 Å². The summed E-state index contributed by atoms with van der Waals surface area (Å²) in [6.07, 6.45) is 1.88. The van der Waals surface area contributed by atoms with Gasteiger partial charge in [-0.15, -0.1) is 0 Å². The van der Waals surface area contributed by atoms with Crippen LogP contribution in [0.2, 0.25) is 5.02 Å². The predicted molar refractivity (Wildman–Crippen MR) is 101 cm³/mol. The normalized spacial score (nSPS) is 10.9. The number of carbonyl (C=O) groups excluding carboxylic acids is 1. The quantitative estimate of drug-likeness (QED) is 0.638. The maximum Gasteiger partial charge on any atom is 0.371 e. The lowest BCUT2D eigenvalue weighted by molar-refractivity contribution is 0.0665. The van der Waals surface area contributed by atoms with E-state index in [0.717, 1.165) is 24.0 Å². The fraction of sp³-hybridized carbons (Fsp3) is 0.200. The highest BCUT2D eigenvalue weighted by Crippen LogP contribution is 2.27. The lowest BCUT2D eigenvalue weighted by Crippen LogP contribution is -2.12. The molecule has 0 saturated heterocycles. The molecule has 1 amide bonds. The van der Waals surface area contributed by atoms with E-state index >= 15 is 0 Å². The van der Waals surface area contributed by atoms with Crippen molar-refractivity contribution < 1.29 is 19.1 Å². The highest BCUT2D eigenvalue weighted by molar-refractivity contribution is 6.31. The Morgan fingerprint density at radius 1 is 1.19 bits per heavy atom. The first-order valence-electron chi connectivity index (χ1n) is 8.26. The van der Waals surface area contributed by atoms with E-state index in [1.807, 2.05) is 13.0 Å². The Balaban J connectivity index is 1.86. The Bertz CT molecular complexity index is 983. The van der Waals surface area contributed by atoms with Crippen LogP contribution in [0.25, 0.3) is 11.0 Å². The molecule has 3 rings (SSSR count). The van der Waals surface area contributed by atoms with Crippen LogP contribution >= 0.6 is 11.6 Å². The zero-order chi connectivity index (χ0) is 18.8. The van der Waals surface area contributed by atoms with Gasteiger partial charge in [-0.1, -0.05) is 31.0 Å². The number of carboxylic acid groups (broad SMARTS) is 1. The molecule has 0 unspecified atom stereocenters. The number of aryl methyl sites for hydroxylation is 1. The third-order valence-electron chi connectivity index (χ3n) is 4.17. The number of anilines is 1. The van der Waals surface area contributed by atoms with Crippen LogP contribution in [-0.2, 0) is 6.42 Å². The molecule has 2 aromatic carbocycles. The number of hydrogen-bond acceptors (Lipinski definition) is 3. The molecule has 1 aromatic heterocycles. The van der Waals surface area contributed by atoms with Crippen molar-refractivity contribution >= 4 is 40.1 Å². The van der Waals surface area contributed by atoms with Crippen LogP contribution in [0.15, 0.2) is 40.8 Å². The molecule has 134 valence electrons. The molecule has 1 heterocycles. The molecule has 6 heteroatoms. The topological polar surface area (TPSA) is 79.5 Å². The lowest BCUT2D eigenvalue weighted by Gasteiger charge is -2.12. The van der Waals surface area contributed by atoms with Crippen molar-refractivity contribution in [2.24, 2.45) is 0 Å². The van der Waals surface area contributed by atoms with Gasteiger partial charge >= 0.3 is 5.97 Å². The van der Waals surface area contributed by atoms with E-state index in [4.69, 9.17) is 21.1 Å². The summed E-state index contributed by atoms with van der Waals surface area (Å²) in [5, 5.41) is 13.1. The number of aromatic carboxylic acids is 1. The second-order valence-electron chi connectivity index (χ2n) is 6.13. The second kappa shape index (κ2) is 7.22. The van der Waals surface area contributed by atoms with Gasteiger partial charge in [0.1, 0.15) is 5.58 Å². The van der Waals surface area contributed by atoms with Crippen LogP contribution in [0.3, 0.4) is 0 Å². The monoisotopic (exact) mass is 371 g/mol. The molecule has 0 fully saturated rings. The van der Waals surface area contributed by atoms with Gasteiger partial charge in [-0.25, -0.2) is 4.79 Å². The Morgan fingerprint density at radius 2 is 1.96 bits per heavy atom. The SMILES string of the molecule is CCCc1c(C)cc(NC(=O)c2ccc3cc(C(=O)O)oc3c2)cc1Cl. The van der Waals surface area contributed by atoms with Crippen LogP contribution in [0.1, 0.15) is 45.4 Å². The number of carboxylic acids is 1. The molecule has 0 radical (unpaired) electrons. The average molecular weight is 372 g/mol. The zero-order valence-corrected chi connectivity index (χ0v) is 15.2. The number of furan rings is 1. The predicted octanol–water partition coefficient (Wildman–Crippen LogP) is 5.30. The smallest absolute Gasteiger partial charge is 0.371 e. The van der Waals surface area contributed by atoms with Gasteiger partial charge in [-0.3, -0.25) is 4.79 Å². The fourth-order valence-electron chi connectivity index (χ4n) is 2.89. The molecule has 0 spiro atoms. The largest absolute Gasteiger partial charge is 0.475 e. The first-order chi connectivity index (χ1) is 12.4. The van der Waals surface area contributed by atoms with E-state index in [2.05, 4.69) is 12.2 Å². The highest BCUT2D eigenvalue weighted by atomic mass is 35.5. The van der Waals surface area contributed by atoms with E-state index in [1.54, 1.807) is 18.2 Å². The van der Waals surface area contributed by atoms with Crippen LogP contribution in [0.5, 0.6) is 0 Å². The van der Waals surface area contributed by atoms with Crippen molar-refractivity contribution in [3.8, 4) is 0 Å². The van der Waals surface area contributed by atoms with Gasteiger partial charge in [0.05, 0.1) is 0 Å². The average Bonchev–Trinajstić information content (AvgIpc) is 3.01. The summed E-state index contributed by atoms with van der Waals surface area (Å²) in [4.78, 5) is 23.5. The Hall–Kier alpha value is -2.79. The van der Waals surface area contributed by atoms with Crippen molar-refractivity contribution in [1.82, 2.24) is 0 Å². The van der Waals surface area contributed by atoms with E-state index in [9.17, 15) is 9.59 Å². The van der Waals surface area contributed by atoms with Gasteiger partial charge in [-0.05, 0) is 54.8 Å². The van der Waals surface area contributed by atoms with Crippen molar-refractivity contribution in [2.45, 2.75) is 26.7 Å². The van der Waals surface area contributed by atoms with Crippen molar-refractivity contribution in [3.63, 3.8) is 0 Å². The van der Waals surface area contributed by atoms with Gasteiger partial charge in [0.15, 0.2) is 0 Å². The number of hydrogen-bond donors (Lipinski definition) is 2.